The molecule has 2 N–H and O–H groups in total. The molecule has 1 atom stereocenters. The topological polar surface area (TPSA) is 53.6 Å². The first-order valence-electron chi connectivity index (χ1n) is 7.06. The van der Waals surface area contributed by atoms with Crippen molar-refractivity contribution in [2.24, 2.45) is 0 Å². The van der Waals surface area contributed by atoms with Crippen molar-refractivity contribution in [1.82, 2.24) is 10.6 Å². The second-order valence-corrected chi connectivity index (χ2v) is 5.05. The van der Waals surface area contributed by atoms with E-state index in [9.17, 15) is 4.79 Å². The molecular weight excluding hydrogens is 254 g/mol. The molecule has 5 heteroatoms. The Kier molecular flexibility index (Phi) is 5.24. The maximum Gasteiger partial charge on any atom is 0.221 e. The molecule has 0 saturated carbocycles. The number of methoxy groups -OCH3 is 1. The number of amides is 1. The van der Waals surface area contributed by atoms with E-state index in [0.29, 0.717) is 6.42 Å². The lowest BCUT2D eigenvalue weighted by atomic mass is 10.2. The second kappa shape index (κ2) is 7.14. The highest BCUT2D eigenvalue weighted by molar-refractivity contribution is 5.76. The third kappa shape index (κ3) is 3.87. The standard InChI is InChI=1S/C15H23N3O2/c1-16-8-6-15(19)17-12-7-9-18(11-12)13-4-3-5-14(10-13)20-2/h3-5,10,12,16H,6-9,11H2,1-2H3,(H,17,19). The SMILES string of the molecule is CNCCC(=O)NC1CCN(c2cccc(OC)c2)C1. The van der Waals surface area contributed by atoms with Gasteiger partial charge in [0.05, 0.1) is 7.11 Å². The average molecular weight is 277 g/mol. The van der Waals surface area contributed by atoms with Gasteiger partial charge in [-0.05, 0) is 25.6 Å². The molecule has 1 saturated heterocycles. The fraction of sp³-hybridized carbons (Fsp3) is 0.533. The van der Waals surface area contributed by atoms with E-state index in [1.165, 1.54) is 0 Å². The van der Waals surface area contributed by atoms with Crippen molar-refractivity contribution in [3.8, 4) is 5.75 Å². The highest BCUT2D eigenvalue weighted by atomic mass is 16.5. The van der Waals surface area contributed by atoms with E-state index in [-0.39, 0.29) is 11.9 Å². The number of carbonyl (C=O) groups is 1. The minimum atomic E-state index is 0.122. The number of hydrogen-bond acceptors (Lipinski definition) is 4. The zero-order valence-corrected chi connectivity index (χ0v) is 12.2. The van der Waals surface area contributed by atoms with Crippen molar-refractivity contribution in [3.63, 3.8) is 0 Å². The van der Waals surface area contributed by atoms with Gasteiger partial charge in [0, 0.05) is 43.9 Å². The largest absolute Gasteiger partial charge is 0.497 e. The van der Waals surface area contributed by atoms with Gasteiger partial charge in [-0.3, -0.25) is 4.79 Å². The normalized spacial score (nSPS) is 18.1. The molecule has 0 radical (unpaired) electrons. The fourth-order valence-corrected chi connectivity index (χ4v) is 2.46. The Hall–Kier alpha value is -1.75. The number of anilines is 1. The zero-order chi connectivity index (χ0) is 14.4. The molecule has 0 aromatic heterocycles. The van der Waals surface area contributed by atoms with Crippen LogP contribution >= 0.6 is 0 Å². The number of benzene rings is 1. The Morgan fingerprint density at radius 2 is 2.35 bits per heavy atom. The summed E-state index contributed by atoms with van der Waals surface area (Å²) in [5.74, 6) is 0.987. The lowest BCUT2D eigenvalue weighted by Gasteiger charge is -2.19. The summed E-state index contributed by atoms with van der Waals surface area (Å²) in [4.78, 5) is 14.0. The van der Waals surface area contributed by atoms with Gasteiger partial charge in [0.1, 0.15) is 5.75 Å². The van der Waals surface area contributed by atoms with Gasteiger partial charge in [0.2, 0.25) is 5.91 Å². The Labute approximate surface area is 120 Å². The van der Waals surface area contributed by atoms with Crippen molar-refractivity contribution in [2.75, 3.05) is 38.7 Å². The lowest BCUT2D eigenvalue weighted by molar-refractivity contribution is -0.121. The van der Waals surface area contributed by atoms with Gasteiger partial charge in [0.15, 0.2) is 0 Å². The van der Waals surface area contributed by atoms with E-state index in [4.69, 9.17) is 4.74 Å². The van der Waals surface area contributed by atoms with E-state index in [2.05, 4.69) is 21.6 Å². The van der Waals surface area contributed by atoms with Crippen LogP contribution in [-0.4, -0.2) is 45.7 Å². The van der Waals surface area contributed by atoms with Crippen LogP contribution in [0, 0.1) is 0 Å². The third-order valence-electron chi connectivity index (χ3n) is 3.57. The number of hydrogen-bond donors (Lipinski definition) is 2. The fourth-order valence-electron chi connectivity index (χ4n) is 2.46. The molecule has 0 bridgehead atoms. The molecule has 1 fully saturated rings. The Morgan fingerprint density at radius 1 is 1.50 bits per heavy atom. The number of nitrogens with zero attached hydrogens (tertiary/aromatic N) is 1. The quantitative estimate of drug-likeness (QED) is 0.814. The first kappa shape index (κ1) is 14.7. The molecule has 1 amide bonds. The Bertz CT molecular complexity index is 450. The van der Waals surface area contributed by atoms with Crippen LogP contribution in [0.3, 0.4) is 0 Å². The third-order valence-corrected chi connectivity index (χ3v) is 3.57. The molecule has 0 aliphatic carbocycles. The van der Waals surface area contributed by atoms with Crippen LogP contribution in [-0.2, 0) is 4.79 Å². The van der Waals surface area contributed by atoms with E-state index in [0.717, 1.165) is 37.5 Å². The summed E-state index contributed by atoms with van der Waals surface area (Å²) in [5.41, 5.74) is 1.15. The predicted octanol–water partition coefficient (Wildman–Crippen LogP) is 1.000. The summed E-state index contributed by atoms with van der Waals surface area (Å²) in [6.07, 6.45) is 1.52. The lowest BCUT2D eigenvalue weighted by Crippen LogP contribution is -2.38. The summed E-state index contributed by atoms with van der Waals surface area (Å²) >= 11 is 0. The Balaban J connectivity index is 1.86. The Morgan fingerprint density at radius 3 is 3.10 bits per heavy atom. The number of nitrogens with one attached hydrogen (secondary N) is 2. The highest BCUT2D eigenvalue weighted by Crippen LogP contribution is 2.24. The van der Waals surface area contributed by atoms with E-state index >= 15 is 0 Å². The van der Waals surface area contributed by atoms with Crippen LogP contribution in [0.1, 0.15) is 12.8 Å². The molecule has 1 aliphatic heterocycles. The van der Waals surface area contributed by atoms with Crippen LogP contribution in [0.5, 0.6) is 5.75 Å². The van der Waals surface area contributed by atoms with E-state index in [1.54, 1.807) is 7.11 Å². The van der Waals surface area contributed by atoms with Gasteiger partial charge >= 0.3 is 0 Å². The van der Waals surface area contributed by atoms with Gasteiger partial charge in [-0.2, -0.15) is 0 Å². The van der Waals surface area contributed by atoms with Crippen molar-refractivity contribution >= 4 is 11.6 Å². The summed E-state index contributed by atoms with van der Waals surface area (Å²) < 4.78 is 5.25. The van der Waals surface area contributed by atoms with Crippen LogP contribution < -0.4 is 20.3 Å². The molecule has 1 aromatic rings. The predicted molar refractivity (Wildman–Crippen MR) is 80.3 cm³/mol. The molecule has 110 valence electrons. The van der Waals surface area contributed by atoms with Gasteiger partial charge in [-0.25, -0.2) is 0 Å². The van der Waals surface area contributed by atoms with Crippen molar-refractivity contribution in [2.45, 2.75) is 18.9 Å². The smallest absolute Gasteiger partial charge is 0.221 e. The van der Waals surface area contributed by atoms with Crippen molar-refractivity contribution in [1.29, 1.82) is 0 Å². The summed E-state index contributed by atoms with van der Waals surface area (Å²) in [6, 6.07) is 8.29. The van der Waals surface area contributed by atoms with E-state index < -0.39 is 0 Å². The maximum atomic E-state index is 11.7. The minimum Gasteiger partial charge on any atom is -0.497 e. The van der Waals surface area contributed by atoms with Gasteiger partial charge in [-0.1, -0.05) is 6.07 Å². The minimum absolute atomic E-state index is 0.122. The van der Waals surface area contributed by atoms with Crippen molar-refractivity contribution in [3.05, 3.63) is 24.3 Å². The van der Waals surface area contributed by atoms with Crippen LogP contribution in [0.2, 0.25) is 0 Å². The summed E-state index contributed by atoms with van der Waals surface area (Å²) in [5, 5.41) is 6.08. The van der Waals surface area contributed by atoms with Crippen LogP contribution in [0.4, 0.5) is 5.69 Å². The first-order chi connectivity index (χ1) is 9.72. The molecule has 1 unspecified atom stereocenters. The maximum absolute atomic E-state index is 11.7. The molecule has 1 aliphatic rings. The molecular formula is C15H23N3O2. The van der Waals surface area contributed by atoms with Gasteiger partial charge in [-0.15, -0.1) is 0 Å². The number of rotatable bonds is 6. The molecule has 20 heavy (non-hydrogen) atoms. The average Bonchev–Trinajstić information content (AvgIpc) is 2.93. The zero-order valence-electron chi connectivity index (χ0n) is 12.2. The molecule has 2 rings (SSSR count). The summed E-state index contributed by atoms with van der Waals surface area (Å²) in [6.45, 7) is 2.54. The summed E-state index contributed by atoms with van der Waals surface area (Å²) in [7, 11) is 3.53. The van der Waals surface area contributed by atoms with Gasteiger partial charge in [0.25, 0.3) is 0 Å². The molecule has 1 heterocycles. The van der Waals surface area contributed by atoms with Crippen molar-refractivity contribution < 1.29 is 9.53 Å². The highest BCUT2D eigenvalue weighted by Gasteiger charge is 2.24. The van der Waals surface area contributed by atoms with Crippen LogP contribution in [0.25, 0.3) is 0 Å². The molecule has 0 spiro atoms. The van der Waals surface area contributed by atoms with E-state index in [1.807, 2.05) is 25.2 Å². The monoisotopic (exact) mass is 277 g/mol. The number of carbonyl (C=O) groups excluding carboxylic acids is 1. The van der Waals surface area contributed by atoms with Crippen LogP contribution in [0.15, 0.2) is 24.3 Å². The first-order valence-corrected chi connectivity index (χ1v) is 7.06. The molecule has 1 aromatic carbocycles. The second-order valence-electron chi connectivity index (χ2n) is 5.05. The molecule has 5 nitrogen and oxygen atoms in total. The van der Waals surface area contributed by atoms with Gasteiger partial charge < -0.3 is 20.3 Å². The number of ether oxygens (including phenoxy) is 1.